The lowest BCUT2D eigenvalue weighted by Gasteiger charge is -2.30. The summed E-state index contributed by atoms with van der Waals surface area (Å²) in [5.41, 5.74) is 4.60. The molecule has 170 valence electrons. The summed E-state index contributed by atoms with van der Waals surface area (Å²) in [5.74, 6) is 0.169. The SMILES string of the molecule is Cc1cc(C)c2c(OCC(=O)Nc3ccc(N4CCCCC4)c4ccncc34)nn(C)c2n1. The van der Waals surface area contributed by atoms with E-state index in [1.54, 1.807) is 10.9 Å². The zero-order valence-electron chi connectivity index (χ0n) is 19.3. The summed E-state index contributed by atoms with van der Waals surface area (Å²) in [5, 5.41) is 10.3. The summed E-state index contributed by atoms with van der Waals surface area (Å²) in [6, 6.07) is 8.05. The van der Waals surface area contributed by atoms with Gasteiger partial charge >= 0.3 is 0 Å². The maximum atomic E-state index is 12.8. The van der Waals surface area contributed by atoms with Crippen LogP contribution in [-0.2, 0) is 11.8 Å². The van der Waals surface area contributed by atoms with Crippen LogP contribution in [0.25, 0.3) is 21.8 Å². The largest absolute Gasteiger partial charge is 0.466 e. The van der Waals surface area contributed by atoms with Gasteiger partial charge in [-0.05, 0) is 62.9 Å². The summed E-state index contributed by atoms with van der Waals surface area (Å²) >= 11 is 0. The molecule has 1 saturated heterocycles. The van der Waals surface area contributed by atoms with Crippen LogP contribution in [0, 0.1) is 13.8 Å². The number of nitrogens with one attached hydrogen (secondary N) is 1. The average Bonchev–Trinajstić information content (AvgIpc) is 3.14. The van der Waals surface area contributed by atoms with E-state index in [-0.39, 0.29) is 12.5 Å². The molecule has 1 fully saturated rings. The van der Waals surface area contributed by atoms with E-state index in [0.29, 0.717) is 5.88 Å². The lowest BCUT2D eigenvalue weighted by atomic mass is 10.1. The number of benzene rings is 1. The smallest absolute Gasteiger partial charge is 0.262 e. The number of nitrogens with zero attached hydrogens (tertiary/aromatic N) is 5. The molecule has 0 bridgehead atoms. The first-order chi connectivity index (χ1) is 16.0. The van der Waals surface area contributed by atoms with E-state index in [0.717, 1.165) is 51.8 Å². The number of piperidine rings is 1. The highest BCUT2D eigenvalue weighted by molar-refractivity contribution is 6.06. The van der Waals surface area contributed by atoms with Crippen molar-refractivity contribution in [2.24, 2.45) is 7.05 Å². The van der Waals surface area contributed by atoms with Crippen molar-refractivity contribution in [3.63, 3.8) is 0 Å². The quantitative estimate of drug-likeness (QED) is 0.498. The number of rotatable bonds is 5. The van der Waals surface area contributed by atoms with Crippen molar-refractivity contribution in [3.8, 4) is 5.88 Å². The third-order valence-electron chi connectivity index (χ3n) is 6.19. The number of aryl methyl sites for hydroxylation is 3. The zero-order valence-corrected chi connectivity index (χ0v) is 19.3. The minimum absolute atomic E-state index is 0.144. The van der Waals surface area contributed by atoms with Crippen molar-refractivity contribution in [3.05, 3.63) is 47.9 Å². The summed E-state index contributed by atoms with van der Waals surface area (Å²) in [6.07, 6.45) is 7.31. The zero-order chi connectivity index (χ0) is 22.9. The van der Waals surface area contributed by atoms with Crippen LogP contribution >= 0.6 is 0 Å². The van der Waals surface area contributed by atoms with Crippen LogP contribution in [0.5, 0.6) is 5.88 Å². The first kappa shape index (κ1) is 21.2. The Balaban J connectivity index is 1.36. The Bertz CT molecular complexity index is 1340. The van der Waals surface area contributed by atoms with E-state index in [1.807, 2.05) is 45.3 Å². The minimum atomic E-state index is -0.248. The third-order valence-corrected chi connectivity index (χ3v) is 6.19. The van der Waals surface area contributed by atoms with Crippen molar-refractivity contribution in [2.75, 3.05) is 29.9 Å². The number of carbonyl (C=O) groups excluding carboxylic acids is 1. The van der Waals surface area contributed by atoms with Crippen LogP contribution in [0.2, 0.25) is 0 Å². The lowest BCUT2D eigenvalue weighted by Crippen LogP contribution is -2.29. The Morgan fingerprint density at radius 3 is 2.76 bits per heavy atom. The fourth-order valence-electron chi connectivity index (χ4n) is 4.66. The van der Waals surface area contributed by atoms with Gasteiger partial charge in [-0.25, -0.2) is 9.67 Å². The number of ether oxygens (including phenoxy) is 1. The van der Waals surface area contributed by atoms with Gasteiger partial charge in [0.1, 0.15) is 0 Å². The standard InChI is InChI=1S/C25H28N6O2/c1-16-13-17(2)27-24-23(16)25(29-30(24)3)33-15-22(32)28-20-7-8-21(31-11-5-4-6-12-31)18-9-10-26-14-19(18)20/h7-10,13-14H,4-6,11-12,15H2,1-3H3,(H,28,32). The van der Waals surface area contributed by atoms with Gasteiger partial charge in [0.15, 0.2) is 12.3 Å². The average molecular weight is 445 g/mol. The van der Waals surface area contributed by atoms with E-state index in [4.69, 9.17) is 4.74 Å². The molecule has 8 heteroatoms. The summed E-state index contributed by atoms with van der Waals surface area (Å²) in [6.45, 7) is 5.92. The molecule has 0 spiro atoms. The molecule has 0 atom stereocenters. The Labute approximate surface area is 192 Å². The van der Waals surface area contributed by atoms with Gasteiger partial charge in [-0.1, -0.05) is 0 Å². The molecule has 0 aliphatic carbocycles. The number of anilines is 2. The summed E-state index contributed by atoms with van der Waals surface area (Å²) in [4.78, 5) is 24.0. The highest BCUT2D eigenvalue weighted by Gasteiger charge is 2.18. The van der Waals surface area contributed by atoms with Gasteiger partial charge in [0, 0.05) is 54.7 Å². The van der Waals surface area contributed by atoms with Crippen molar-refractivity contribution < 1.29 is 9.53 Å². The van der Waals surface area contributed by atoms with Crippen LogP contribution in [0.1, 0.15) is 30.5 Å². The molecule has 3 aromatic heterocycles. The Hall–Kier alpha value is -3.68. The van der Waals surface area contributed by atoms with Gasteiger partial charge < -0.3 is 15.0 Å². The van der Waals surface area contributed by atoms with Crippen molar-refractivity contribution in [1.29, 1.82) is 0 Å². The van der Waals surface area contributed by atoms with Crippen LogP contribution in [0.4, 0.5) is 11.4 Å². The summed E-state index contributed by atoms with van der Waals surface area (Å²) in [7, 11) is 1.82. The maximum Gasteiger partial charge on any atom is 0.262 e. The number of aromatic nitrogens is 4. The summed E-state index contributed by atoms with van der Waals surface area (Å²) < 4.78 is 7.50. The van der Waals surface area contributed by atoms with E-state index in [1.165, 1.54) is 24.9 Å². The molecule has 4 heterocycles. The number of pyridine rings is 2. The van der Waals surface area contributed by atoms with Gasteiger partial charge in [-0.15, -0.1) is 5.10 Å². The maximum absolute atomic E-state index is 12.8. The monoisotopic (exact) mass is 444 g/mol. The molecule has 1 aliphatic rings. The Morgan fingerprint density at radius 1 is 1.12 bits per heavy atom. The topological polar surface area (TPSA) is 85.2 Å². The second-order valence-corrected chi connectivity index (χ2v) is 8.65. The predicted molar refractivity (Wildman–Crippen MR) is 130 cm³/mol. The molecule has 1 N–H and O–H groups in total. The fourth-order valence-corrected chi connectivity index (χ4v) is 4.66. The molecule has 1 aromatic carbocycles. The molecule has 0 saturated carbocycles. The Kier molecular flexibility index (Phi) is 5.58. The van der Waals surface area contributed by atoms with E-state index >= 15 is 0 Å². The van der Waals surface area contributed by atoms with Crippen LogP contribution in [-0.4, -0.2) is 45.4 Å². The molecule has 33 heavy (non-hydrogen) atoms. The van der Waals surface area contributed by atoms with Crippen molar-refractivity contribution in [2.45, 2.75) is 33.1 Å². The van der Waals surface area contributed by atoms with E-state index < -0.39 is 0 Å². The van der Waals surface area contributed by atoms with Crippen LogP contribution in [0.15, 0.2) is 36.7 Å². The minimum Gasteiger partial charge on any atom is -0.466 e. The van der Waals surface area contributed by atoms with Gasteiger partial charge in [-0.3, -0.25) is 9.78 Å². The second kappa shape index (κ2) is 8.69. The van der Waals surface area contributed by atoms with Gasteiger partial charge in [0.05, 0.1) is 11.1 Å². The number of hydrogen-bond donors (Lipinski definition) is 1. The molecule has 4 aromatic rings. The molecular weight excluding hydrogens is 416 g/mol. The van der Waals surface area contributed by atoms with Crippen LogP contribution < -0.4 is 15.0 Å². The number of hydrogen-bond acceptors (Lipinski definition) is 6. The lowest BCUT2D eigenvalue weighted by molar-refractivity contribution is -0.118. The molecule has 0 unspecified atom stereocenters. The fraction of sp³-hybridized carbons (Fsp3) is 0.360. The molecule has 1 aliphatic heterocycles. The number of carbonyl (C=O) groups is 1. The highest BCUT2D eigenvalue weighted by atomic mass is 16.5. The van der Waals surface area contributed by atoms with Gasteiger partial charge in [0.25, 0.3) is 5.91 Å². The predicted octanol–water partition coefficient (Wildman–Crippen LogP) is 4.14. The molecule has 5 rings (SSSR count). The molecule has 1 amide bonds. The Morgan fingerprint density at radius 2 is 1.94 bits per heavy atom. The van der Waals surface area contributed by atoms with Crippen molar-refractivity contribution >= 4 is 39.1 Å². The van der Waals surface area contributed by atoms with Gasteiger partial charge in [-0.2, -0.15) is 0 Å². The highest BCUT2D eigenvalue weighted by Crippen LogP contribution is 2.33. The first-order valence-electron chi connectivity index (χ1n) is 11.4. The second-order valence-electron chi connectivity index (χ2n) is 8.65. The molecular formula is C25H28N6O2. The molecule has 8 nitrogen and oxygen atoms in total. The first-order valence-corrected chi connectivity index (χ1v) is 11.4. The van der Waals surface area contributed by atoms with E-state index in [9.17, 15) is 4.79 Å². The third kappa shape index (κ3) is 4.08. The number of amides is 1. The normalized spacial score (nSPS) is 14.1. The van der Waals surface area contributed by atoms with E-state index in [2.05, 4.69) is 31.3 Å². The molecule has 0 radical (unpaired) electrons. The van der Waals surface area contributed by atoms with Crippen molar-refractivity contribution in [1.82, 2.24) is 19.7 Å². The van der Waals surface area contributed by atoms with Crippen LogP contribution in [0.3, 0.4) is 0 Å². The van der Waals surface area contributed by atoms with Gasteiger partial charge in [0.2, 0.25) is 5.88 Å². The number of fused-ring (bicyclic) bond motifs is 2.